The van der Waals surface area contributed by atoms with E-state index in [1.807, 2.05) is 18.4 Å². The molecule has 0 unspecified atom stereocenters. The molecule has 0 spiro atoms. The standard InChI is InChI=1S/C22H21ClF3N5O/c1-22(2)21-29-19(12-9-15(23)18(26)16(25)10-12)20(28-14-5-3-13(24)4-6-14)30(21)7-8-31(22)17(32)11-27/h3-6,9-10,28H,7-8,11,27H2,1-2H3. The lowest BCUT2D eigenvalue weighted by molar-refractivity contribution is -0.137. The molecule has 168 valence electrons. The van der Waals surface area contributed by atoms with Crippen molar-refractivity contribution < 1.29 is 18.0 Å². The summed E-state index contributed by atoms with van der Waals surface area (Å²) in [5.74, 6) is -1.85. The Morgan fingerprint density at radius 1 is 1.19 bits per heavy atom. The van der Waals surface area contributed by atoms with E-state index in [1.54, 1.807) is 17.0 Å². The highest BCUT2D eigenvalue weighted by molar-refractivity contribution is 6.31. The maximum absolute atomic E-state index is 14.2. The monoisotopic (exact) mass is 463 g/mol. The van der Waals surface area contributed by atoms with E-state index in [4.69, 9.17) is 22.3 Å². The number of hydrogen-bond acceptors (Lipinski definition) is 4. The van der Waals surface area contributed by atoms with E-state index in [2.05, 4.69) is 5.32 Å². The highest BCUT2D eigenvalue weighted by Gasteiger charge is 2.41. The Kier molecular flexibility index (Phi) is 5.64. The molecule has 3 aromatic rings. The fourth-order valence-electron chi connectivity index (χ4n) is 3.97. The number of aromatic nitrogens is 2. The Morgan fingerprint density at radius 2 is 1.88 bits per heavy atom. The number of anilines is 2. The van der Waals surface area contributed by atoms with Crippen LogP contribution in [0.25, 0.3) is 11.3 Å². The van der Waals surface area contributed by atoms with E-state index < -0.39 is 23.0 Å². The molecule has 32 heavy (non-hydrogen) atoms. The maximum Gasteiger partial charge on any atom is 0.237 e. The molecule has 3 N–H and O–H groups in total. The summed E-state index contributed by atoms with van der Waals surface area (Å²) in [6.07, 6.45) is 0. The molecule has 1 aromatic heterocycles. The van der Waals surface area contributed by atoms with Crippen LogP contribution in [0.5, 0.6) is 0 Å². The van der Waals surface area contributed by atoms with Gasteiger partial charge in [-0.1, -0.05) is 11.6 Å². The minimum Gasteiger partial charge on any atom is -0.340 e. The number of carbonyl (C=O) groups is 1. The number of imidazole rings is 1. The van der Waals surface area contributed by atoms with E-state index in [0.717, 1.165) is 6.07 Å². The minimum absolute atomic E-state index is 0.142. The summed E-state index contributed by atoms with van der Waals surface area (Å²) in [5.41, 5.74) is 5.90. The van der Waals surface area contributed by atoms with Gasteiger partial charge in [-0.25, -0.2) is 18.2 Å². The number of nitrogens with one attached hydrogen (secondary N) is 1. The van der Waals surface area contributed by atoms with Crippen LogP contribution < -0.4 is 11.1 Å². The van der Waals surface area contributed by atoms with Gasteiger partial charge in [0.2, 0.25) is 5.91 Å². The number of halogens is 4. The molecule has 2 aromatic carbocycles. The molecule has 1 aliphatic heterocycles. The smallest absolute Gasteiger partial charge is 0.237 e. The molecule has 1 aliphatic rings. The van der Waals surface area contributed by atoms with Crippen LogP contribution in [0.4, 0.5) is 24.7 Å². The molecule has 0 saturated carbocycles. The Morgan fingerprint density at radius 3 is 2.50 bits per heavy atom. The number of hydrogen-bond donors (Lipinski definition) is 2. The predicted octanol–water partition coefficient (Wildman–Crippen LogP) is 4.40. The zero-order chi connectivity index (χ0) is 23.2. The van der Waals surface area contributed by atoms with Gasteiger partial charge in [0.15, 0.2) is 11.6 Å². The molecule has 6 nitrogen and oxygen atoms in total. The van der Waals surface area contributed by atoms with Gasteiger partial charge in [0, 0.05) is 24.3 Å². The Balaban J connectivity index is 1.90. The van der Waals surface area contributed by atoms with Crippen molar-refractivity contribution in [3.8, 4) is 11.3 Å². The van der Waals surface area contributed by atoms with Crippen LogP contribution in [-0.4, -0.2) is 33.4 Å². The Bertz CT molecular complexity index is 1170. The largest absolute Gasteiger partial charge is 0.340 e. The SMILES string of the molecule is CC1(C)c2nc(-c3cc(F)c(F)c(Cl)c3)c(Nc3ccc(F)cc3)n2CCN1C(=O)CN. The van der Waals surface area contributed by atoms with Crippen molar-refractivity contribution in [1.82, 2.24) is 14.5 Å². The number of rotatable bonds is 4. The van der Waals surface area contributed by atoms with Crippen LogP contribution >= 0.6 is 11.6 Å². The molecular formula is C22H21ClF3N5O. The van der Waals surface area contributed by atoms with Crippen molar-refractivity contribution >= 4 is 29.0 Å². The Hall–Kier alpha value is -3.04. The second-order valence-corrected chi connectivity index (χ2v) is 8.39. The van der Waals surface area contributed by atoms with E-state index in [9.17, 15) is 18.0 Å². The van der Waals surface area contributed by atoms with E-state index in [0.29, 0.717) is 36.1 Å². The van der Waals surface area contributed by atoms with Crippen molar-refractivity contribution in [1.29, 1.82) is 0 Å². The third kappa shape index (κ3) is 3.71. The van der Waals surface area contributed by atoms with Gasteiger partial charge in [-0.2, -0.15) is 0 Å². The van der Waals surface area contributed by atoms with E-state index >= 15 is 0 Å². The van der Waals surface area contributed by atoms with Crippen molar-refractivity contribution in [3.05, 3.63) is 64.7 Å². The molecule has 0 aliphatic carbocycles. The summed E-state index contributed by atoms with van der Waals surface area (Å²) in [5, 5.41) is 2.83. The fraction of sp³-hybridized carbons (Fsp3) is 0.273. The average molecular weight is 464 g/mol. The van der Waals surface area contributed by atoms with Crippen LogP contribution in [0.15, 0.2) is 36.4 Å². The molecular weight excluding hydrogens is 443 g/mol. The van der Waals surface area contributed by atoms with Crippen LogP contribution in [0, 0.1) is 17.5 Å². The van der Waals surface area contributed by atoms with Crippen LogP contribution in [0.3, 0.4) is 0 Å². The highest BCUT2D eigenvalue weighted by atomic mass is 35.5. The number of benzene rings is 2. The van der Waals surface area contributed by atoms with Crippen molar-refractivity contribution in [3.63, 3.8) is 0 Å². The molecule has 0 bridgehead atoms. The second-order valence-electron chi connectivity index (χ2n) is 7.98. The molecule has 0 atom stereocenters. The fourth-order valence-corrected chi connectivity index (χ4v) is 4.18. The third-order valence-corrected chi connectivity index (χ3v) is 5.85. The molecule has 0 saturated heterocycles. The zero-order valence-corrected chi connectivity index (χ0v) is 18.2. The maximum atomic E-state index is 14.2. The predicted molar refractivity (Wildman–Crippen MR) is 116 cm³/mol. The van der Waals surface area contributed by atoms with Gasteiger partial charge in [0.25, 0.3) is 0 Å². The van der Waals surface area contributed by atoms with Gasteiger partial charge in [-0.15, -0.1) is 0 Å². The number of nitrogens with two attached hydrogens (primary N) is 1. The van der Waals surface area contributed by atoms with Crippen molar-refractivity contribution in [2.45, 2.75) is 25.9 Å². The summed E-state index contributed by atoms with van der Waals surface area (Å²) in [6.45, 7) is 4.29. The lowest BCUT2D eigenvalue weighted by Gasteiger charge is -2.42. The summed E-state index contributed by atoms with van der Waals surface area (Å²) in [6, 6.07) is 8.01. The first kappa shape index (κ1) is 22.2. The lowest BCUT2D eigenvalue weighted by Crippen LogP contribution is -2.53. The quantitative estimate of drug-likeness (QED) is 0.562. The molecule has 4 rings (SSSR count). The normalized spacial score (nSPS) is 14.9. The second kappa shape index (κ2) is 8.14. The van der Waals surface area contributed by atoms with Crippen LogP contribution in [-0.2, 0) is 16.9 Å². The minimum atomic E-state index is -1.15. The number of amides is 1. The Labute approximate surface area is 187 Å². The number of fused-ring (bicyclic) bond motifs is 1. The summed E-state index contributed by atoms with van der Waals surface area (Å²) >= 11 is 5.89. The first-order valence-electron chi connectivity index (χ1n) is 9.92. The van der Waals surface area contributed by atoms with Crippen molar-refractivity contribution in [2.75, 3.05) is 18.4 Å². The van der Waals surface area contributed by atoms with E-state index in [1.165, 1.54) is 18.2 Å². The van der Waals surface area contributed by atoms with Gasteiger partial charge >= 0.3 is 0 Å². The summed E-state index contributed by atoms with van der Waals surface area (Å²) < 4.78 is 43.2. The van der Waals surface area contributed by atoms with Gasteiger partial charge in [0.1, 0.15) is 23.2 Å². The molecule has 10 heteroatoms. The molecule has 1 amide bonds. The first-order chi connectivity index (χ1) is 15.1. The number of nitrogens with zero attached hydrogens (tertiary/aromatic N) is 3. The zero-order valence-electron chi connectivity index (χ0n) is 17.4. The van der Waals surface area contributed by atoms with Crippen molar-refractivity contribution in [2.24, 2.45) is 5.73 Å². The van der Waals surface area contributed by atoms with Crippen LogP contribution in [0.2, 0.25) is 5.02 Å². The van der Waals surface area contributed by atoms with Gasteiger partial charge < -0.3 is 20.5 Å². The number of carbonyl (C=O) groups excluding carboxylic acids is 1. The van der Waals surface area contributed by atoms with Gasteiger partial charge in [0.05, 0.1) is 17.1 Å². The van der Waals surface area contributed by atoms with Crippen LogP contribution in [0.1, 0.15) is 19.7 Å². The van der Waals surface area contributed by atoms with Gasteiger partial charge in [-0.05, 0) is 50.2 Å². The first-order valence-corrected chi connectivity index (χ1v) is 10.3. The average Bonchev–Trinajstić information content (AvgIpc) is 3.12. The summed E-state index contributed by atoms with van der Waals surface area (Å²) in [4.78, 5) is 18.8. The van der Waals surface area contributed by atoms with E-state index in [-0.39, 0.29) is 23.0 Å². The third-order valence-electron chi connectivity index (χ3n) is 5.58. The molecule has 0 fully saturated rings. The molecule has 2 heterocycles. The molecule has 0 radical (unpaired) electrons. The topological polar surface area (TPSA) is 76.2 Å². The summed E-state index contributed by atoms with van der Waals surface area (Å²) in [7, 11) is 0. The van der Waals surface area contributed by atoms with Gasteiger partial charge in [-0.3, -0.25) is 4.79 Å². The lowest BCUT2D eigenvalue weighted by atomic mass is 9.99. The highest BCUT2D eigenvalue weighted by Crippen LogP contribution is 2.40.